The van der Waals surface area contributed by atoms with Crippen molar-refractivity contribution in [3.8, 4) is 5.75 Å². The number of esters is 1. The molecule has 128 valence electrons. The molecule has 0 fully saturated rings. The molecule has 0 saturated heterocycles. The van der Waals surface area contributed by atoms with Gasteiger partial charge in [0.1, 0.15) is 36.8 Å². The van der Waals surface area contributed by atoms with E-state index in [1.165, 1.54) is 11.7 Å². The average Bonchev–Trinajstić information content (AvgIpc) is 2.93. The van der Waals surface area contributed by atoms with Crippen LogP contribution in [0.25, 0.3) is 0 Å². The summed E-state index contributed by atoms with van der Waals surface area (Å²) >= 11 is 0. The van der Waals surface area contributed by atoms with Crippen molar-refractivity contribution in [2.24, 2.45) is 0 Å². The zero-order valence-corrected chi connectivity index (χ0v) is 13.2. The Labute approximate surface area is 137 Å². The average molecular weight is 335 g/mol. The van der Waals surface area contributed by atoms with Gasteiger partial charge in [-0.3, -0.25) is 0 Å². The Morgan fingerprint density at radius 2 is 2.17 bits per heavy atom. The summed E-state index contributed by atoms with van der Waals surface area (Å²) in [5.74, 6) is -0.0846. The van der Waals surface area contributed by atoms with E-state index in [0.29, 0.717) is 5.82 Å². The van der Waals surface area contributed by atoms with Gasteiger partial charge >= 0.3 is 11.8 Å². The van der Waals surface area contributed by atoms with Crippen molar-refractivity contribution in [3.05, 3.63) is 52.0 Å². The summed E-state index contributed by atoms with van der Waals surface area (Å²) in [4.78, 5) is 25.9. The normalized spacial score (nSPS) is 11.8. The number of hydrogen-bond donors (Lipinski definition) is 1. The van der Waals surface area contributed by atoms with Crippen molar-refractivity contribution in [2.75, 3.05) is 13.7 Å². The maximum Gasteiger partial charge on any atom is 0.342 e. The van der Waals surface area contributed by atoms with Gasteiger partial charge in [-0.1, -0.05) is 12.1 Å². The Bertz CT molecular complexity index is 743. The van der Waals surface area contributed by atoms with Gasteiger partial charge in [-0.2, -0.15) is 0 Å². The molecule has 1 aromatic heterocycles. The second-order valence-corrected chi connectivity index (χ2v) is 4.98. The SMILES string of the molecule is COC(=O)c1ccccc1OCC(O)Cn1c([N+](=O)[O-])cnc1C. The number of hydrogen-bond acceptors (Lipinski definition) is 7. The van der Waals surface area contributed by atoms with Gasteiger partial charge < -0.3 is 24.7 Å². The lowest BCUT2D eigenvalue weighted by atomic mass is 10.2. The quantitative estimate of drug-likeness (QED) is 0.461. The van der Waals surface area contributed by atoms with Crippen molar-refractivity contribution in [1.82, 2.24) is 9.55 Å². The fourth-order valence-corrected chi connectivity index (χ4v) is 2.15. The maximum absolute atomic E-state index is 11.6. The molecule has 1 heterocycles. The van der Waals surface area contributed by atoms with Crippen LogP contribution < -0.4 is 4.74 Å². The molecular formula is C15H17N3O6. The van der Waals surface area contributed by atoms with E-state index in [1.807, 2.05) is 0 Å². The van der Waals surface area contributed by atoms with E-state index >= 15 is 0 Å². The molecule has 0 bridgehead atoms. The molecular weight excluding hydrogens is 318 g/mol. The summed E-state index contributed by atoms with van der Waals surface area (Å²) in [7, 11) is 1.26. The van der Waals surface area contributed by atoms with E-state index < -0.39 is 17.0 Å². The van der Waals surface area contributed by atoms with Crippen LogP contribution >= 0.6 is 0 Å². The number of ether oxygens (including phenoxy) is 2. The molecule has 1 unspecified atom stereocenters. The summed E-state index contributed by atoms with van der Waals surface area (Å²) in [5, 5.41) is 21.0. The number of benzene rings is 1. The molecule has 0 aliphatic heterocycles. The molecule has 0 amide bonds. The van der Waals surface area contributed by atoms with Gasteiger partial charge in [0.25, 0.3) is 0 Å². The number of methoxy groups -OCH3 is 1. The molecule has 9 heteroatoms. The first-order valence-corrected chi connectivity index (χ1v) is 7.08. The fraction of sp³-hybridized carbons (Fsp3) is 0.333. The third-order valence-corrected chi connectivity index (χ3v) is 3.34. The number of rotatable bonds is 7. The first kappa shape index (κ1) is 17.4. The smallest absolute Gasteiger partial charge is 0.342 e. The first-order valence-electron chi connectivity index (χ1n) is 7.08. The predicted molar refractivity (Wildman–Crippen MR) is 82.9 cm³/mol. The molecule has 0 saturated carbocycles. The van der Waals surface area contributed by atoms with Crippen molar-refractivity contribution < 1.29 is 24.3 Å². The highest BCUT2D eigenvalue weighted by molar-refractivity contribution is 5.92. The van der Waals surface area contributed by atoms with Crippen LogP contribution in [-0.2, 0) is 11.3 Å². The minimum absolute atomic E-state index is 0.0530. The van der Waals surface area contributed by atoms with Gasteiger partial charge in [-0.25, -0.2) is 14.3 Å². The molecule has 0 spiro atoms. The van der Waals surface area contributed by atoms with Gasteiger partial charge in [0.15, 0.2) is 5.82 Å². The van der Waals surface area contributed by atoms with Gasteiger partial charge in [0, 0.05) is 6.92 Å². The highest BCUT2D eigenvalue weighted by Gasteiger charge is 2.21. The van der Waals surface area contributed by atoms with Crippen molar-refractivity contribution >= 4 is 11.8 Å². The zero-order chi connectivity index (χ0) is 17.7. The van der Waals surface area contributed by atoms with Crippen molar-refractivity contribution in [3.63, 3.8) is 0 Å². The number of imidazole rings is 1. The standard InChI is InChI=1S/C15H17N3O6/c1-10-16-7-14(18(21)22)17(10)8-11(19)9-24-13-6-4-3-5-12(13)15(20)23-2/h3-7,11,19H,8-9H2,1-2H3. The van der Waals surface area contributed by atoms with Crippen LogP contribution in [-0.4, -0.2) is 45.4 Å². The summed E-state index contributed by atoms with van der Waals surface area (Å²) < 4.78 is 11.4. The number of nitrogens with zero attached hydrogens (tertiary/aromatic N) is 3. The summed E-state index contributed by atoms with van der Waals surface area (Å²) in [5.41, 5.74) is 0.233. The highest BCUT2D eigenvalue weighted by Crippen LogP contribution is 2.20. The number of nitro groups is 1. The van der Waals surface area contributed by atoms with Crippen LogP contribution in [0, 0.1) is 17.0 Å². The summed E-state index contributed by atoms with van der Waals surface area (Å²) in [6, 6.07) is 6.45. The minimum Gasteiger partial charge on any atom is -0.490 e. The third kappa shape index (κ3) is 3.87. The maximum atomic E-state index is 11.6. The van der Waals surface area contributed by atoms with E-state index in [1.54, 1.807) is 31.2 Å². The Kier molecular flexibility index (Phi) is 5.48. The molecule has 9 nitrogen and oxygen atoms in total. The topological polar surface area (TPSA) is 117 Å². The van der Waals surface area contributed by atoms with Gasteiger partial charge in [-0.05, 0) is 17.1 Å². The number of aliphatic hydroxyl groups excluding tert-OH is 1. The Hall–Kier alpha value is -2.94. The van der Waals surface area contributed by atoms with Crippen LogP contribution in [0.1, 0.15) is 16.2 Å². The molecule has 1 aromatic carbocycles. The van der Waals surface area contributed by atoms with Crippen LogP contribution in [0.5, 0.6) is 5.75 Å². The van der Waals surface area contributed by atoms with E-state index in [4.69, 9.17) is 4.74 Å². The number of carbonyl (C=O) groups is 1. The van der Waals surface area contributed by atoms with Gasteiger partial charge in [0.2, 0.25) is 0 Å². The highest BCUT2D eigenvalue weighted by atomic mass is 16.6. The lowest BCUT2D eigenvalue weighted by Gasteiger charge is -2.14. The fourth-order valence-electron chi connectivity index (χ4n) is 2.15. The van der Waals surface area contributed by atoms with Gasteiger partial charge in [0.05, 0.1) is 7.11 Å². The largest absolute Gasteiger partial charge is 0.490 e. The van der Waals surface area contributed by atoms with E-state index in [0.717, 1.165) is 6.20 Å². The van der Waals surface area contributed by atoms with E-state index in [-0.39, 0.29) is 30.3 Å². The van der Waals surface area contributed by atoms with Gasteiger partial charge in [-0.15, -0.1) is 0 Å². The third-order valence-electron chi connectivity index (χ3n) is 3.34. The lowest BCUT2D eigenvalue weighted by molar-refractivity contribution is -0.392. The minimum atomic E-state index is -1.03. The predicted octanol–water partition coefficient (Wildman–Crippen LogP) is 1.33. The number of aryl methyl sites for hydroxylation is 1. The Morgan fingerprint density at radius 3 is 2.83 bits per heavy atom. The van der Waals surface area contributed by atoms with Crippen molar-refractivity contribution in [2.45, 2.75) is 19.6 Å². The molecule has 1 N–H and O–H groups in total. The molecule has 0 radical (unpaired) electrons. The zero-order valence-electron chi connectivity index (χ0n) is 13.2. The molecule has 0 aliphatic carbocycles. The number of carbonyl (C=O) groups excluding carboxylic acids is 1. The molecule has 2 rings (SSSR count). The number of aromatic nitrogens is 2. The number of aliphatic hydroxyl groups is 1. The monoisotopic (exact) mass is 335 g/mol. The van der Waals surface area contributed by atoms with Crippen LogP contribution in [0.3, 0.4) is 0 Å². The van der Waals surface area contributed by atoms with E-state index in [2.05, 4.69) is 9.72 Å². The molecule has 0 aliphatic rings. The number of para-hydroxylation sites is 1. The Balaban J connectivity index is 2.05. The second kappa shape index (κ2) is 7.55. The summed E-state index contributed by atoms with van der Waals surface area (Å²) in [6.45, 7) is 1.40. The van der Waals surface area contributed by atoms with E-state index in [9.17, 15) is 20.0 Å². The molecule has 1 atom stereocenters. The lowest BCUT2D eigenvalue weighted by Crippen LogP contribution is -2.25. The van der Waals surface area contributed by atoms with Crippen molar-refractivity contribution in [1.29, 1.82) is 0 Å². The first-order chi connectivity index (χ1) is 11.4. The van der Waals surface area contributed by atoms with Crippen LogP contribution in [0.15, 0.2) is 30.5 Å². The summed E-state index contributed by atoms with van der Waals surface area (Å²) in [6.07, 6.45) is 0.109. The Morgan fingerprint density at radius 1 is 1.46 bits per heavy atom. The van der Waals surface area contributed by atoms with Crippen LogP contribution in [0.4, 0.5) is 5.82 Å². The second-order valence-electron chi connectivity index (χ2n) is 4.98. The molecule has 2 aromatic rings. The van der Waals surface area contributed by atoms with Crippen LogP contribution in [0.2, 0.25) is 0 Å². The molecule has 24 heavy (non-hydrogen) atoms.